The molecule has 0 aromatic heterocycles. The Labute approximate surface area is 130 Å². The number of amides is 1. The van der Waals surface area contributed by atoms with E-state index in [1.807, 2.05) is 36.4 Å². The zero-order chi connectivity index (χ0) is 14.9. The molecule has 0 spiro atoms. The van der Waals surface area contributed by atoms with Gasteiger partial charge in [0.2, 0.25) is 0 Å². The summed E-state index contributed by atoms with van der Waals surface area (Å²) in [5.41, 5.74) is -0.113. The van der Waals surface area contributed by atoms with Crippen LogP contribution in [0.5, 0.6) is 0 Å². The lowest BCUT2D eigenvalue weighted by molar-refractivity contribution is -0.384. The van der Waals surface area contributed by atoms with E-state index in [-0.39, 0.29) is 11.6 Å². The van der Waals surface area contributed by atoms with E-state index in [2.05, 4.69) is 0 Å². The summed E-state index contributed by atoms with van der Waals surface area (Å²) >= 11 is 2.02. The average molecular weight is 390 g/mol. The summed E-state index contributed by atoms with van der Waals surface area (Å²) in [6.07, 6.45) is 0. The van der Waals surface area contributed by atoms with Crippen molar-refractivity contribution in [3.8, 4) is 0 Å². The Bertz CT molecular complexity index is 559. The number of nitro groups is 1. The van der Waals surface area contributed by atoms with Crippen molar-refractivity contribution in [2.45, 2.75) is 19.4 Å². The number of nitro benzene ring substituents is 1. The van der Waals surface area contributed by atoms with Gasteiger partial charge in [-0.15, -0.1) is 0 Å². The molecule has 0 unspecified atom stereocenters. The second-order valence-electron chi connectivity index (χ2n) is 5.24. The van der Waals surface area contributed by atoms with Crippen LogP contribution < -0.4 is 0 Å². The molecule has 20 heavy (non-hydrogen) atoms. The molecule has 1 aromatic rings. The molecule has 1 saturated heterocycles. The van der Waals surface area contributed by atoms with Crippen molar-refractivity contribution in [2.75, 3.05) is 19.8 Å². The molecule has 0 bridgehead atoms. The van der Waals surface area contributed by atoms with E-state index < -0.39 is 10.5 Å². The van der Waals surface area contributed by atoms with Crippen molar-refractivity contribution >= 4 is 34.2 Å². The fourth-order valence-electron chi connectivity index (χ4n) is 2.17. The number of halogens is 1. The molecule has 1 aromatic carbocycles. The van der Waals surface area contributed by atoms with Gasteiger partial charge in [0.25, 0.3) is 11.6 Å². The third kappa shape index (κ3) is 2.93. The number of benzene rings is 1. The van der Waals surface area contributed by atoms with Gasteiger partial charge in [0.1, 0.15) is 0 Å². The van der Waals surface area contributed by atoms with Crippen LogP contribution in [0.4, 0.5) is 5.69 Å². The van der Waals surface area contributed by atoms with Gasteiger partial charge in [-0.3, -0.25) is 14.9 Å². The summed E-state index contributed by atoms with van der Waals surface area (Å²) in [7, 11) is 0. The normalized spacial score (nSPS) is 17.9. The number of hydrogen-bond donors (Lipinski definition) is 0. The second kappa shape index (κ2) is 5.65. The fourth-order valence-corrected chi connectivity index (χ4v) is 2.74. The zero-order valence-corrected chi connectivity index (χ0v) is 13.4. The second-order valence-corrected chi connectivity index (χ2v) is 6.41. The van der Waals surface area contributed by atoms with Crippen LogP contribution in [0.15, 0.2) is 18.2 Å². The third-order valence-electron chi connectivity index (χ3n) is 3.28. The molecule has 0 N–H and O–H groups in total. The lowest BCUT2D eigenvalue weighted by Gasteiger charge is -2.42. The zero-order valence-electron chi connectivity index (χ0n) is 11.3. The Hall–Kier alpha value is -1.22. The molecule has 1 fully saturated rings. The van der Waals surface area contributed by atoms with Gasteiger partial charge in [-0.2, -0.15) is 0 Å². The molecule has 0 atom stereocenters. The first-order valence-corrected chi connectivity index (χ1v) is 7.24. The maximum absolute atomic E-state index is 12.7. The van der Waals surface area contributed by atoms with E-state index in [0.29, 0.717) is 28.9 Å². The van der Waals surface area contributed by atoms with Crippen molar-refractivity contribution in [1.29, 1.82) is 0 Å². The number of hydrogen-bond acceptors (Lipinski definition) is 4. The Balaban J connectivity index is 2.37. The number of ether oxygens (including phenoxy) is 1. The van der Waals surface area contributed by atoms with Crippen molar-refractivity contribution in [3.05, 3.63) is 37.4 Å². The fraction of sp³-hybridized carbons (Fsp3) is 0.462. The van der Waals surface area contributed by atoms with Crippen LogP contribution in [0.2, 0.25) is 0 Å². The first-order valence-electron chi connectivity index (χ1n) is 6.16. The van der Waals surface area contributed by atoms with Crippen LogP contribution in [0.1, 0.15) is 24.2 Å². The Morgan fingerprint density at radius 2 is 2.20 bits per heavy atom. The Morgan fingerprint density at radius 1 is 1.50 bits per heavy atom. The molecule has 0 radical (unpaired) electrons. The quantitative estimate of drug-likeness (QED) is 0.442. The van der Waals surface area contributed by atoms with E-state index in [4.69, 9.17) is 4.74 Å². The lowest BCUT2D eigenvalue weighted by Crippen LogP contribution is -2.55. The number of morpholine rings is 1. The van der Waals surface area contributed by atoms with Gasteiger partial charge in [-0.1, -0.05) is 0 Å². The molecule has 0 aliphatic carbocycles. The van der Waals surface area contributed by atoms with Gasteiger partial charge in [0.05, 0.1) is 29.2 Å². The highest BCUT2D eigenvalue weighted by Gasteiger charge is 2.35. The van der Waals surface area contributed by atoms with Crippen LogP contribution in [0.25, 0.3) is 0 Å². The summed E-state index contributed by atoms with van der Waals surface area (Å²) in [4.78, 5) is 24.7. The van der Waals surface area contributed by atoms with Crippen molar-refractivity contribution in [2.24, 2.45) is 0 Å². The molecule has 108 valence electrons. The highest BCUT2D eigenvalue weighted by molar-refractivity contribution is 14.1. The Morgan fingerprint density at radius 3 is 2.80 bits per heavy atom. The lowest BCUT2D eigenvalue weighted by atomic mass is 10.0. The van der Waals surface area contributed by atoms with Crippen LogP contribution in [-0.4, -0.2) is 41.0 Å². The SMILES string of the molecule is CC1(C)COCCN1C(=O)c1cc([N+](=O)[O-])ccc1I. The van der Waals surface area contributed by atoms with Gasteiger partial charge in [0, 0.05) is 22.2 Å². The van der Waals surface area contributed by atoms with Crippen LogP contribution in [0.3, 0.4) is 0 Å². The summed E-state index contributed by atoms with van der Waals surface area (Å²) in [5.74, 6) is -0.189. The molecule has 1 heterocycles. The molecule has 0 saturated carbocycles. The smallest absolute Gasteiger partial charge is 0.270 e. The molecule has 7 heteroatoms. The standard InChI is InChI=1S/C13H15IN2O4/c1-13(2)8-20-6-5-15(13)12(17)10-7-9(16(18)19)3-4-11(10)14/h3-4,7H,5-6,8H2,1-2H3. The molecule has 2 rings (SSSR count). The highest BCUT2D eigenvalue weighted by Crippen LogP contribution is 2.26. The summed E-state index contributed by atoms with van der Waals surface area (Å²) in [6, 6.07) is 4.35. The highest BCUT2D eigenvalue weighted by atomic mass is 127. The van der Waals surface area contributed by atoms with E-state index in [0.717, 1.165) is 0 Å². The predicted octanol–water partition coefficient (Wildman–Crippen LogP) is 2.45. The summed E-state index contributed by atoms with van der Waals surface area (Å²) < 4.78 is 6.10. The van der Waals surface area contributed by atoms with Crippen molar-refractivity contribution in [3.63, 3.8) is 0 Å². The number of non-ortho nitro benzene ring substituents is 1. The minimum absolute atomic E-state index is 0.0696. The maximum Gasteiger partial charge on any atom is 0.270 e. The number of nitrogens with zero attached hydrogens (tertiary/aromatic N) is 2. The Kier molecular flexibility index (Phi) is 4.28. The van der Waals surface area contributed by atoms with E-state index >= 15 is 0 Å². The largest absolute Gasteiger partial charge is 0.377 e. The maximum atomic E-state index is 12.7. The first kappa shape index (κ1) is 15.2. The van der Waals surface area contributed by atoms with Crippen molar-refractivity contribution in [1.82, 2.24) is 4.90 Å². The molecule has 1 aliphatic rings. The topological polar surface area (TPSA) is 72.7 Å². The van der Waals surface area contributed by atoms with E-state index in [1.54, 1.807) is 11.0 Å². The van der Waals surface area contributed by atoms with Crippen LogP contribution in [0, 0.1) is 13.7 Å². The molecule has 1 aliphatic heterocycles. The van der Waals surface area contributed by atoms with E-state index in [1.165, 1.54) is 12.1 Å². The molecule has 6 nitrogen and oxygen atoms in total. The summed E-state index contributed by atoms with van der Waals surface area (Å²) in [6.45, 7) is 5.29. The van der Waals surface area contributed by atoms with E-state index in [9.17, 15) is 14.9 Å². The molecular formula is C13H15IN2O4. The number of carbonyl (C=O) groups is 1. The van der Waals surface area contributed by atoms with Gasteiger partial charge >= 0.3 is 0 Å². The number of carbonyl (C=O) groups excluding carboxylic acids is 1. The number of rotatable bonds is 2. The van der Waals surface area contributed by atoms with Gasteiger partial charge < -0.3 is 9.64 Å². The average Bonchev–Trinajstić information content (AvgIpc) is 2.37. The monoisotopic (exact) mass is 390 g/mol. The van der Waals surface area contributed by atoms with Crippen LogP contribution in [-0.2, 0) is 4.74 Å². The third-order valence-corrected chi connectivity index (χ3v) is 4.22. The predicted molar refractivity (Wildman–Crippen MR) is 81.7 cm³/mol. The van der Waals surface area contributed by atoms with Gasteiger partial charge in [-0.25, -0.2) is 0 Å². The van der Waals surface area contributed by atoms with Gasteiger partial charge in [0.15, 0.2) is 0 Å². The molecule has 1 amide bonds. The summed E-state index contributed by atoms with van der Waals surface area (Å²) in [5, 5.41) is 10.8. The minimum Gasteiger partial charge on any atom is -0.377 e. The van der Waals surface area contributed by atoms with Crippen molar-refractivity contribution < 1.29 is 14.5 Å². The molecular weight excluding hydrogens is 375 g/mol. The minimum atomic E-state index is -0.489. The van der Waals surface area contributed by atoms with Crippen LogP contribution >= 0.6 is 22.6 Å². The first-order chi connectivity index (χ1) is 9.33. The van der Waals surface area contributed by atoms with Gasteiger partial charge in [-0.05, 0) is 42.5 Å².